The molecular formula is C22H25N. The van der Waals surface area contributed by atoms with Crippen LogP contribution in [0.2, 0.25) is 0 Å². The first-order chi connectivity index (χ1) is 11.1. The van der Waals surface area contributed by atoms with Crippen LogP contribution in [0.3, 0.4) is 0 Å². The van der Waals surface area contributed by atoms with Gasteiger partial charge in [0.2, 0.25) is 0 Å². The van der Waals surface area contributed by atoms with Gasteiger partial charge in [-0.25, -0.2) is 0 Å². The van der Waals surface area contributed by atoms with Crippen molar-refractivity contribution < 1.29 is 0 Å². The van der Waals surface area contributed by atoms with E-state index in [1.807, 2.05) is 0 Å². The number of rotatable bonds is 2. The summed E-state index contributed by atoms with van der Waals surface area (Å²) in [4.78, 5) is 2.68. The van der Waals surface area contributed by atoms with E-state index in [-0.39, 0.29) is 5.54 Å². The number of benzene rings is 2. The minimum Gasteiger partial charge on any atom is -0.283 e. The van der Waals surface area contributed by atoms with Crippen molar-refractivity contribution in [3.63, 3.8) is 0 Å². The summed E-state index contributed by atoms with van der Waals surface area (Å²) in [5.41, 5.74) is 7.14. The molecule has 0 bridgehead atoms. The topological polar surface area (TPSA) is 3.24 Å². The Balaban J connectivity index is 1.83. The fraction of sp³-hybridized carbons (Fsp3) is 0.364. The molecule has 2 aromatic carbocycles. The molecule has 23 heavy (non-hydrogen) atoms. The van der Waals surface area contributed by atoms with Crippen LogP contribution < -0.4 is 0 Å². The van der Waals surface area contributed by atoms with Crippen molar-refractivity contribution in [1.29, 1.82) is 0 Å². The molecule has 0 amide bonds. The van der Waals surface area contributed by atoms with E-state index in [4.69, 9.17) is 0 Å². The number of aryl methyl sites for hydroxylation is 1. The third kappa shape index (κ3) is 2.26. The maximum absolute atomic E-state index is 4.49. The summed E-state index contributed by atoms with van der Waals surface area (Å²) >= 11 is 0. The molecule has 0 saturated heterocycles. The molecule has 2 aliphatic rings. The third-order valence-corrected chi connectivity index (χ3v) is 5.81. The van der Waals surface area contributed by atoms with Gasteiger partial charge in [-0.05, 0) is 60.9 Å². The van der Waals surface area contributed by atoms with E-state index >= 15 is 0 Å². The average Bonchev–Trinajstić information content (AvgIpc) is 2.58. The summed E-state index contributed by atoms with van der Waals surface area (Å²) in [6.45, 7) is 10.2. The molecule has 0 N–H and O–H groups in total. The van der Waals surface area contributed by atoms with Gasteiger partial charge in [0.15, 0.2) is 0 Å². The van der Waals surface area contributed by atoms with Gasteiger partial charge in [-0.3, -0.25) is 4.90 Å². The van der Waals surface area contributed by atoms with Gasteiger partial charge >= 0.3 is 0 Å². The maximum atomic E-state index is 4.49. The molecule has 1 unspecified atom stereocenters. The van der Waals surface area contributed by atoms with Gasteiger partial charge in [0.05, 0.1) is 0 Å². The van der Waals surface area contributed by atoms with Gasteiger partial charge in [0, 0.05) is 18.1 Å². The highest BCUT2D eigenvalue weighted by atomic mass is 15.2. The van der Waals surface area contributed by atoms with Crippen molar-refractivity contribution in [2.24, 2.45) is 0 Å². The first kappa shape index (κ1) is 14.7. The molecule has 4 rings (SSSR count). The van der Waals surface area contributed by atoms with Crippen LogP contribution in [0.25, 0.3) is 5.57 Å². The van der Waals surface area contributed by atoms with E-state index in [2.05, 4.69) is 73.9 Å². The fourth-order valence-corrected chi connectivity index (χ4v) is 4.41. The molecule has 1 heterocycles. The van der Waals surface area contributed by atoms with Gasteiger partial charge in [-0.15, -0.1) is 0 Å². The molecule has 0 radical (unpaired) electrons. The van der Waals surface area contributed by atoms with E-state index in [0.717, 1.165) is 6.54 Å². The van der Waals surface area contributed by atoms with Crippen LogP contribution in [-0.4, -0.2) is 10.4 Å². The zero-order valence-corrected chi connectivity index (χ0v) is 14.2. The second kappa shape index (κ2) is 5.35. The lowest BCUT2D eigenvalue weighted by atomic mass is 9.72. The smallest absolute Gasteiger partial charge is 0.0414 e. The molecule has 1 aliphatic carbocycles. The molecule has 1 atom stereocenters. The predicted octanol–water partition coefficient (Wildman–Crippen LogP) is 5.37. The zero-order valence-electron chi connectivity index (χ0n) is 14.2. The van der Waals surface area contributed by atoms with E-state index in [1.54, 1.807) is 5.56 Å². The molecule has 1 heteroatoms. The monoisotopic (exact) mass is 303 g/mol. The third-order valence-electron chi connectivity index (χ3n) is 5.81. The lowest BCUT2D eigenvalue weighted by Crippen LogP contribution is -2.50. The number of hydrogen-bond acceptors (Lipinski definition) is 1. The molecular weight excluding hydrogens is 278 g/mol. The maximum Gasteiger partial charge on any atom is 0.0414 e. The largest absolute Gasteiger partial charge is 0.283 e. The zero-order chi connectivity index (χ0) is 16.0. The van der Waals surface area contributed by atoms with Gasteiger partial charge in [-0.1, -0.05) is 55.1 Å². The highest BCUT2D eigenvalue weighted by Gasteiger charge is 2.43. The Kier molecular flexibility index (Phi) is 3.42. The molecule has 1 aliphatic heterocycles. The van der Waals surface area contributed by atoms with Gasteiger partial charge in [0.1, 0.15) is 0 Å². The minimum absolute atomic E-state index is 0.0104. The lowest BCUT2D eigenvalue weighted by Gasteiger charge is -2.52. The molecule has 0 spiro atoms. The van der Waals surface area contributed by atoms with Gasteiger partial charge in [0.25, 0.3) is 0 Å². The van der Waals surface area contributed by atoms with Crippen molar-refractivity contribution in [1.82, 2.24) is 4.90 Å². The van der Waals surface area contributed by atoms with Crippen molar-refractivity contribution in [3.05, 3.63) is 77.4 Å². The highest BCUT2D eigenvalue weighted by Crippen LogP contribution is 2.50. The van der Waals surface area contributed by atoms with E-state index in [1.165, 1.54) is 41.5 Å². The molecule has 118 valence electrons. The quantitative estimate of drug-likeness (QED) is 0.720. The van der Waals surface area contributed by atoms with Crippen LogP contribution in [0.15, 0.2) is 55.1 Å². The Bertz CT molecular complexity index is 742. The predicted molar refractivity (Wildman–Crippen MR) is 97.2 cm³/mol. The molecule has 1 nitrogen and oxygen atoms in total. The Morgan fingerprint density at radius 2 is 1.87 bits per heavy atom. The summed E-state index contributed by atoms with van der Waals surface area (Å²) < 4.78 is 0. The molecule has 0 saturated carbocycles. The Labute approximate surface area is 139 Å². The van der Waals surface area contributed by atoms with Crippen molar-refractivity contribution in [3.8, 4) is 0 Å². The first-order valence-corrected chi connectivity index (χ1v) is 8.71. The number of nitrogens with zero attached hydrogens (tertiary/aromatic N) is 1. The molecule has 0 fully saturated rings. The van der Waals surface area contributed by atoms with E-state index in [9.17, 15) is 0 Å². The van der Waals surface area contributed by atoms with Crippen LogP contribution >= 0.6 is 0 Å². The van der Waals surface area contributed by atoms with Crippen molar-refractivity contribution in [2.75, 3.05) is 0 Å². The average molecular weight is 303 g/mol. The van der Waals surface area contributed by atoms with Crippen LogP contribution in [-0.2, 0) is 13.0 Å². The second-order valence-corrected chi connectivity index (χ2v) is 7.44. The highest BCUT2D eigenvalue weighted by molar-refractivity contribution is 5.76. The van der Waals surface area contributed by atoms with E-state index < -0.39 is 0 Å². The van der Waals surface area contributed by atoms with Crippen LogP contribution in [0, 0.1) is 0 Å². The standard InChI is InChI=1S/C22H25N/c1-16-19-13-7-11-18-12-8-14-20(21(18)19)23(22(16,2)3)15-17-9-5-4-6-10-17/h4-7,9-11,13,20H,1,8,12,14-15H2,2-3H3. The summed E-state index contributed by atoms with van der Waals surface area (Å²) in [6, 6.07) is 18.2. The normalized spacial score (nSPS) is 22.7. The van der Waals surface area contributed by atoms with Crippen LogP contribution in [0.5, 0.6) is 0 Å². The molecule has 2 aromatic rings. The Hall–Kier alpha value is -1.86. The van der Waals surface area contributed by atoms with Gasteiger partial charge < -0.3 is 0 Å². The Morgan fingerprint density at radius 1 is 1.09 bits per heavy atom. The van der Waals surface area contributed by atoms with Gasteiger partial charge in [-0.2, -0.15) is 0 Å². The van der Waals surface area contributed by atoms with Crippen LogP contribution in [0.4, 0.5) is 0 Å². The number of hydrogen-bond donors (Lipinski definition) is 0. The molecule has 0 aromatic heterocycles. The minimum atomic E-state index is -0.0104. The Morgan fingerprint density at radius 3 is 2.65 bits per heavy atom. The summed E-state index contributed by atoms with van der Waals surface area (Å²) in [6.07, 6.45) is 3.76. The lowest BCUT2D eigenvalue weighted by molar-refractivity contribution is 0.0804. The fourth-order valence-electron chi connectivity index (χ4n) is 4.41. The van der Waals surface area contributed by atoms with E-state index in [0.29, 0.717) is 6.04 Å². The summed E-state index contributed by atoms with van der Waals surface area (Å²) in [5.74, 6) is 0. The SMILES string of the molecule is C=C1c2cccc3c2C(CCC3)N(Cc2ccccc2)C1(C)C. The van der Waals surface area contributed by atoms with Crippen molar-refractivity contribution >= 4 is 5.57 Å². The summed E-state index contributed by atoms with van der Waals surface area (Å²) in [5, 5.41) is 0. The second-order valence-electron chi connectivity index (χ2n) is 7.44. The first-order valence-electron chi connectivity index (χ1n) is 8.71. The van der Waals surface area contributed by atoms with Crippen molar-refractivity contribution in [2.45, 2.75) is 51.2 Å². The van der Waals surface area contributed by atoms with Crippen LogP contribution in [0.1, 0.15) is 55.0 Å². The summed E-state index contributed by atoms with van der Waals surface area (Å²) in [7, 11) is 0.